The lowest BCUT2D eigenvalue weighted by atomic mass is 9.84. The number of carbonyl (C=O) groups is 2. The summed E-state index contributed by atoms with van der Waals surface area (Å²) in [5.74, 6) is 0.632. The summed E-state index contributed by atoms with van der Waals surface area (Å²) in [5.41, 5.74) is 5.90. The zero-order chi connectivity index (χ0) is 14.3. The number of nitrogens with one attached hydrogen (secondary N) is 2. The van der Waals surface area contributed by atoms with E-state index in [-0.39, 0.29) is 24.4 Å². The SMILES string of the molecule is CC(C)CNC(=O)CNC(=O)CC1CCCC(N)C1. The van der Waals surface area contributed by atoms with Crippen LogP contribution in [0.2, 0.25) is 0 Å². The van der Waals surface area contributed by atoms with E-state index < -0.39 is 0 Å². The molecule has 1 rings (SSSR count). The molecule has 5 nitrogen and oxygen atoms in total. The first kappa shape index (κ1) is 16.0. The first-order chi connectivity index (χ1) is 8.97. The molecule has 0 aromatic heterocycles. The molecule has 1 saturated carbocycles. The molecule has 1 aliphatic carbocycles. The fourth-order valence-corrected chi connectivity index (χ4v) is 2.41. The first-order valence-electron chi connectivity index (χ1n) is 7.26. The molecule has 0 aromatic carbocycles. The van der Waals surface area contributed by atoms with E-state index in [0.29, 0.717) is 24.8 Å². The molecule has 0 spiro atoms. The van der Waals surface area contributed by atoms with Gasteiger partial charge in [0.2, 0.25) is 11.8 Å². The van der Waals surface area contributed by atoms with Crippen molar-refractivity contribution in [2.24, 2.45) is 17.6 Å². The Kier molecular flexibility index (Phi) is 6.84. The number of carbonyl (C=O) groups excluding carboxylic acids is 2. The van der Waals surface area contributed by atoms with Crippen molar-refractivity contribution in [3.8, 4) is 0 Å². The van der Waals surface area contributed by atoms with Crippen molar-refractivity contribution in [2.75, 3.05) is 13.1 Å². The van der Waals surface area contributed by atoms with Crippen molar-refractivity contribution in [2.45, 2.75) is 52.0 Å². The van der Waals surface area contributed by atoms with Gasteiger partial charge in [-0.15, -0.1) is 0 Å². The van der Waals surface area contributed by atoms with Crippen molar-refractivity contribution >= 4 is 11.8 Å². The van der Waals surface area contributed by atoms with E-state index in [4.69, 9.17) is 5.73 Å². The molecule has 0 heterocycles. The highest BCUT2D eigenvalue weighted by molar-refractivity contribution is 5.84. The minimum absolute atomic E-state index is 0.0428. The van der Waals surface area contributed by atoms with Crippen LogP contribution in [-0.2, 0) is 9.59 Å². The van der Waals surface area contributed by atoms with Gasteiger partial charge >= 0.3 is 0 Å². The van der Waals surface area contributed by atoms with E-state index in [9.17, 15) is 9.59 Å². The van der Waals surface area contributed by atoms with Crippen molar-refractivity contribution in [1.82, 2.24) is 10.6 Å². The molecule has 0 saturated heterocycles. The van der Waals surface area contributed by atoms with E-state index in [1.807, 2.05) is 13.8 Å². The lowest BCUT2D eigenvalue weighted by Crippen LogP contribution is -2.39. The Bertz CT molecular complexity index is 305. The zero-order valence-corrected chi connectivity index (χ0v) is 12.1. The summed E-state index contributed by atoms with van der Waals surface area (Å²) in [6.07, 6.45) is 4.66. The summed E-state index contributed by atoms with van der Waals surface area (Å²) in [6.45, 7) is 4.78. The number of amides is 2. The molecule has 4 N–H and O–H groups in total. The molecule has 19 heavy (non-hydrogen) atoms. The standard InChI is InChI=1S/C14H27N3O2/c1-10(2)8-16-14(19)9-17-13(18)7-11-4-3-5-12(15)6-11/h10-12H,3-9,15H2,1-2H3,(H,16,19)(H,17,18). The Balaban J connectivity index is 2.15. The summed E-state index contributed by atoms with van der Waals surface area (Å²) < 4.78 is 0. The second-order valence-electron chi connectivity index (χ2n) is 5.97. The smallest absolute Gasteiger partial charge is 0.239 e. The largest absolute Gasteiger partial charge is 0.354 e. The normalized spacial score (nSPS) is 23.2. The van der Waals surface area contributed by atoms with Crippen LogP contribution in [0.1, 0.15) is 46.0 Å². The number of nitrogens with two attached hydrogens (primary N) is 1. The molecule has 0 aromatic rings. The summed E-state index contributed by atoms with van der Waals surface area (Å²) in [6, 6.07) is 0.237. The molecule has 0 bridgehead atoms. The van der Waals surface area contributed by atoms with Gasteiger partial charge < -0.3 is 16.4 Å². The predicted molar refractivity (Wildman–Crippen MR) is 75.4 cm³/mol. The molecule has 1 fully saturated rings. The van der Waals surface area contributed by atoms with Crippen LogP contribution in [0, 0.1) is 11.8 Å². The van der Waals surface area contributed by atoms with Crippen LogP contribution < -0.4 is 16.4 Å². The van der Waals surface area contributed by atoms with Crippen LogP contribution in [0.25, 0.3) is 0 Å². The van der Waals surface area contributed by atoms with Crippen LogP contribution in [-0.4, -0.2) is 30.9 Å². The van der Waals surface area contributed by atoms with Crippen LogP contribution in [0.5, 0.6) is 0 Å². The number of hydrogen-bond acceptors (Lipinski definition) is 3. The molecule has 0 aliphatic heterocycles. The fraction of sp³-hybridized carbons (Fsp3) is 0.857. The Morgan fingerprint density at radius 1 is 1.21 bits per heavy atom. The minimum atomic E-state index is -0.123. The van der Waals surface area contributed by atoms with Gasteiger partial charge in [0.05, 0.1) is 6.54 Å². The van der Waals surface area contributed by atoms with Gasteiger partial charge in [0.15, 0.2) is 0 Å². The quantitative estimate of drug-likeness (QED) is 0.666. The second kappa shape index (κ2) is 8.15. The molecule has 2 amide bonds. The van der Waals surface area contributed by atoms with Gasteiger partial charge in [-0.25, -0.2) is 0 Å². The van der Waals surface area contributed by atoms with Crippen LogP contribution in [0.3, 0.4) is 0 Å². The maximum atomic E-state index is 11.7. The number of hydrogen-bond donors (Lipinski definition) is 3. The third-order valence-electron chi connectivity index (χ3n) is 3.45. The highest BCUT2D eigenvalue weighted by Crippen LogP contribution is 2.25. The van der Waals surface area contributed by atoms with Crippen LogP contribution in [0.4, 0.5) is 0 Å². The molecular formula is C14H27N3O2. The van der Waals surface area contributed by atoms with E-state index in [1.54, 1.807) is 0 Å². The van der Waals surface area contributed by atoms with Gasteiger partial charge in [-0.1, -0.05) is 20.3 Å². The second-order valence-corrected chi connectivity index (χ2v) is 5.97. The summed E-state index contributed by atoms with van der Waals surface area (Å²) in [4.78, 5) is 23.2. The van der Waals surface area contributed by atoms with Crippen LogP contribution in [0.15, 0.2) is 0 Å². The maximum absolute atomic E-state index is 11.7. The third-order valence-corrected chi connectivity index (χ3v) is 3.45. The minimum Gasteiger partial charge on any atom is -0.354 e. The van der Waals surface area contributed by atoms with Crippen molar-refractivity contribution in [1.29, 1.82) is 0 Å². The molecule has 1 aliphatic rings. The highest BCUT2D eigenvalue weighted by Gasteiger charge is 2.21. The average molecular weight is 269 g/mol. The Morgan fingerprint density at radius 3 is 2.58 bits per heavy atom. The Hall–Kier alpha value is -1.10. The van der Waals surface area contributed by atoms with E-state index in [0.717, 1.165) is 25.7 Å². The topological polar surface area (TPSA) is 84.2 Å². The zero-order valence-electron chi connectivity index (χ0n) is 12.1. The van der Waals surface area contributed by atoms with E-state index in [1.165, 1.54) is 0 Å². The van der Waals surface area contributed by atoms with E-state index in [2.05, 4.69) is 10.6 Å². The van der Waals surface area contributed by atoms with Crippen molar-refractivity contribution in [3.63, 3.8) is 0 Å². The highest BCUT2D eigenvalue weighted by atomic mass is 16.2. The van der Waals surface area contributed by atoms with Gasteiger partial charge in [0, 0.05) is 19.0 Å². The molecular weight excluding hydrogens is 242 g/mol. The predicted octanol–water partition coefficient (Wildman–Crippen LogP) is 0.782. The van der Waals surface area contributed by atoms with Gasteiger partial charge in [-0.2, -0.15) is 0 Å². The Morgan fingerprint density at radius 2 is 1.95 bits per heavy atom. The lowest BCUT2D eigenvalue weighted by Gasteiger charge is -2.25. The van der Waals surface area contributed by atoms with Gasteiger partial charge in [-0.05, 0) is 31.1 Å². The molecule has 0 radical (unpaired) electrons. The van der Waals surface area contributed by atoms with Gasteiger partial charge in [0.1, 0.15) is 0 Å². The van der Waals surface area contributed by atoms with Crippen molar-refractivity contribution < 1.29 is 9.59 Å². The monoisotopic (exact) mass is 269 g/mol. The number of rotatable bonds is 6. The van der Waals surface area contributed by atoms with Crippen LogP contribution >= 0.6 is 0 Å². The summed E-state index contributed by atoms with van der Waals surface area (Å²) in [7, 11) is 0. The third kappa shape index (κ3) is 7.15. The van der Waals surface area contributed by atoms with Gasteiger partial charge in [-0.3, -0.25) is 9.59 Å². The van der Waals surface area contributed by atoms with Crippen molar-refractivity contribution in [3.05, 3.63) is 0 Å². The summed E-state index contributed by atoms with van der Waals surface area (Å²) in [5, 5.41) is 5.45. The Labute approximate surface area is 115 Å². The summed E-state index contributed by atoms with van der Waals surface area (Å²) >= 11 is 0. The van der Waals surface area contributed by atoms with E-state index >= 15 is 0 Å². The molecule has 2 unspecified atom stereocenters. The average Bonchev–Trinajstić information content (AvgIpc) is 2.34. The molecule has 2 atom stereocenters. The van der Waals surface area contributed by atoms with Gasteiger partial charge in [0.25, 0.3) is 0 Å². The molecule has 5 heteroatoms. The fourth-order valence-electron chi connectivity index (χ4n) is 2.41. The lowest BCUT2D eigenvalue weighted by molar-refractivity contribution is -0.126. The first-order valence-corrected chi connectivity index (χ1v) is 7.26. The maximum Gasteiger partial charge on any atom is 0.239 e. The molecule has 110 valence electrons.